The van der Waals surface area contributed by atoms with Crippen molar-refractivity contribution in [3.8, 4) is 11.6 Å². The van der Waals surface area contributed by atoms with E-state index in [-0.39, 0.29) is 34.2 Å². The van der Waals surface area contributed by atoms with E-state index in [1.807, 2.05) is 18.2 Å². The van der Waals surface area contributed by atoms with E-state index in [0.717, 1.165) is 6.08 Å². The molecule has 1 heterocycles. The van der Waals surface area contributed by atoms with Crippen LogP contribution in [0.25, 0.3) is 0 Å². The van der Waals surface area contributed by atoms with Crippen molar-refractivity contribution in [3.63, 3.8) is 0 Å². The molecule has 3 aromatic carbocycles. The van der Waals surface area contributed by atoms with Gasteiger partial charge in [-0.15, -0.1) is 0 Å². The van der Waals surface area contributed by atoms with E-state index in [0.29, 0.717) is 17.2 Å². The quantitative estimate of drug-likeness (QED) is 0.182. The number of nitrogens with zero attached hydrogens (tertiary/aromatic N) is 2. The Bertz CT molecular complexity index is 1490. The van der Waals surface area contributed by atoms with Crippen LogP contribution >= 0.6 is 11.6 Å². The van der Waals surface area contributed by atoms with Crippen LogP contribution < -0.4 is 10.5 Å². The number of carbonyl (C=O) groups is 1. The van der Waals surface area contributed by atoms with Crippen molar-refractivity contribution in [1.29, 1.82) is 0 Å². The van der Waals surface area contributed by atoms with E-state index < -0.39 is 17.8 Å². The summed E-state index contributed by atoms with van der Waals surface area (Å²) in [5.41, 5.74) is 5.21. The summed E-state index contributed by atoms with van der Waals surface area (Å²) >= 11 is 6.13. The van der Waals surface area contributed by atoms with Crippen LogP contribution in [0.1, 0.15) is 21.5 Å². The lowest BCUT2D eigenvalue weighted by Crippen LogP contribution is -2.21. The number of ether oxygens (including phenoxy) is 2. The van der Waals surface area contributed by atoms with Crippen LogP contribution in [0, 0.1) is 0 Å². The van der Waals surface area contributed by atoms with Crippen molar-refractivity contribution >= 4 is 29.0 Å². The maximum Gasteiger partial charge on any atom is 0.430 e. The van der Waals surface area contributed by atoms with Crippen LogP contribution in [0.3, 0.4) is 0 Å². The standard InChI is InChI=1S/C29H21ClF3N3O3/c30-23-8-4-5-9-24(23)36-25(16-26(34)29(31,32)33)20-11-13-21(14-12-20)28(37)38-18-19-10-15-27(35-17-19)39-22-6-2-1-3-7-22/h1-17H,18,34H2/b26-16-,36-25?. The molecular formula is C29H21ClF3N3O3. The van der Waals surface area contributed by atoms with Crippen LogP contribution in [0.4, 0.5) is 18.9 Å². The highest BCUT2D eigenvalue weighted by molar-refractivity contribution is 6.33. The van der Waals surface area contributed by atoms with Gasteiger partial charge >= 0.3 is 12.1 Å². The minimum atomic E-state index is -4.74. The molecule has 0 saturated heterocycles. The lowest BCUT2D eigenvalue weighted by atomic mass is 10.1. The molecule has 4 rings (SSSR count). The van der Waals surface area contributed by atoms with Crippen LogP contribution in [0.2, 0.25) is 5.02 Å². The number of pyridine rings is 1. The molecule has 0 fully saturated rings. The van der Waals surface area contributed by atoms with E-state index in [4.69, 9.17) is 26.8 Å². The number of benzene rings is 3. The number of aromatic nitrogens is 1. The molecule has 0 aliphatic rings. The summed E-state index contributed by atoms with van der Waals surface area (Å²) in [5.74, 6) is 0.409. The molecule has 0 saturated carbocycles. The molecule has 0 spiro atoms. The zero-order valence-corrected chi connectivity index (χ0v) is 21.0. The van der Waals surface area contributed by atoms with Gasteiger partial charge in [-0.2, -0.15) is 13.2 Å². The van der Waals surface area contributed by atoms with Gasteiger partial charge < -0.3 is 15.2 Å². The number of hydrogen-bond donors (Lipinski definition) is 1. The molecule has 1 aromatic heterocycles. The van der Waals surface area contributed by atoms with Crippen molar-refractivity contribution in [2.45, 2.75) is 12.8 Å². The van der Waals surface area contributed by atoms with Gasteiger partial charge in [-0.3, -0.25) is 0 Å². The third-order valence-corrected chi connectivity index (χ3v) is 5.58. The minimum Gasteiger partial charge on any atom is -0.457 e. The summed E-state index contributed by atoms with van der Waals surface area (Å²) in [6, 6.07) is 24.7. The zero-order chi connectivity index (χ0) is 27.8. The summed E-state index contributed by atoms with van der Waals surface area (Å²) < 4.78 is 50.3. The van der Waals surface area contributed by atoms with Gasteiger partial charge in [-0.1, -0.05) is 54.1 Å². The Morgan fingerprint density at radius 3 is 2.23 bits per heavy atom. The highest BCUT2D eigenvalue weighted by Gasteiger charge is 2.31. The van der Waals surface area contributed by atoms with Crippen LogP contribution in [0.15, 0.2) is 114 Å². The molecule has 0 aliphatic heterocycles. The summed E-state index contributed by atoms with van der Waals surface area (Å²) in [5, 5.41) is 0.253. The van der Waals surface area contributed by atoms with E-state index >= 15 is 0 Å². The third kappa shape index (κ3) is 7.68. The van der Waals surface area contributed by atoms with Gasteiger partial charge in [0.25, 0.3) is 0 Å². The number of halogens is 4. The molecule has 2 N–H and O–H groups in total. The maximum atomic E-state index is 13.1. The topological polar surface area (TPSA) is 86.8 Å². The number of carbonyl (C=O) groups excluding carboxylic acids is 1. The van der Waals surface area contributed by atoms with Gasteiger partial charge in [-0.05, 0) is 48.5 Å². The van der Waals surface area contributed by atoms with E-state index in [1.54, 1.807) is 48.5 Å². The number of hydrogen-bond acceptors (Lipinski definition) is 6. The Morgan fingerprint density at radius 2 is 1.59 bits per heavy atom. The van der Waals surface area contributed by atoms with Crippen molar-refractivity contribution < 1.29 is 27.4 Å². The fraction of sp³-hybridized carbons (Fsp3) is 0.0690. The number of rotatable bonds is 8. The van der Waals surface area contributed by atoms with E-state index in [1.165, 1.54) is 30.5 Å². The summed E-state index contributed by atoms with van der Waals surface area (Å²) in [4.78, 5) is 21.0. The second-order valence-corrected chi connectivity index (χ2v) is 8.53. The fourth-order valence-corrected chi connectivity index (χ4v) is 3.43. The number of allylic oxidation sites excluding steroid dienone is 2. The van der Waals surface area contributed by atoms with Crippen LogP contribution in [-0.2, 0) is 11.3 Å². The fourth-order valence-electron chi connectivity index (χ4n) is 3.26. The molecular weight excluding hydrogens is 531 g/mol. The van der Waals surface area contributed by atoms with E-state index in [9.17, 15) is 18.0 Å². The molecule has 0 radical (unpaired) electrons. The molecule has 0 bridgehead atoms. The zero-order valence-electron chi connectivity index (χ0n) is 20.2. The Kier molecular flexibility index (Phi) is 8.63. The Balaban J connectivity index is 1.45. The van der Waals surface area contributed by atoms with Crippen molar-refractivity contribution in [1.82, 2.24) is 4.98 Å². The van der Waals surface area contributed by atoms with Gasteiger partial charge in [0.2, 0.25) is 5.88 Å². The second kappa shape index (κ2) is 12.3. The first-order chi connectivity index (χ1) is 18.7. The first-order valence-corrected chi connectivity index (χ1v) is 11.9. The summed E-state index contributed by atoms with van der Waals surface area (Å²) in [6.07, 6.45) is -2.50. The molecule has 0 aliphatic carbocycles. The Morgan fingerprint density at radius 1 is 0.923 bits per heavy atom. The van der Waals surface area contributed by atoms with Crippen molar-refractivity contribution in [2.75, 3.05) is 0 Å². The third-order valence-electron chi connectivity index (χ3n) is 5.26. The van der Waals surface area contributed by atoms with Gasteiger partial charge in [-0.25, -0.2) is 14.8 Å². The number of para-hydroxylation sites is 2. The van der Waals surface area contributed by atoms with Crippen LogP contribution in [-0.4, -0.2) is 22.8 Å². The monoisotopic (exact) mass is 551 g/mol. The molecule has 0 amide bonds. The van der Waals surface area contributed by atoms with Crippen molar-refractivity contribution in [3.05, 3.63) is 131 Å². The number of aliphatic imine (C=N–C) groups is 1. The number of alkyl halides is 3. The van der Waals surface area contributed by atoms with Crippen LogP contribution in [0.5, 0.6) is 11.6 Å². The van der Waals surface area contributed by atoms with Gasteiger partial charge in [0.05, 0.1) is 22.0 Å². The Hall–Kier alpha value is -4.63. The first kappa shape index (κ1) is 27.4. The number of nitrogens with two attached hydrogens (primary N) is 1. The van der Waals surface area contributed by atoms with Gasteiger partial charge in [0.15, 0.2) is 0 Å². The summed E-state index contributed by atoms with van der Waals surface area (Å²) in [7, 11) is 0. The lowest BCUT2D eigenvalue weighted by Gasteiger charge is -2.10. The first-order valence-electron chi connectivity index (χ1n) is 11.5. The predicted molar refractivity (Wildman–Crippen MR) is 142 cm³/mol. The minimum absolute atomic E-state index is 0.0384. The molecule has 0 unspecified atom stereocenters. The molecule has 6 nitrogen and oxygen atoms in total. The van der Waals surface area contributed by atoms with Gasteiger partial charge in [0, 0.05) is 23.4 Å². The molecule has 10 heteroatoms. The average Bonchev–Trinajstić information content (AvgIpc) is 2.93. The number of esters is 1. The highest BCUT2D eigenvalue weighted by atomic mass is 35.5. The molecule has 198 valence electrons. The lowest BCUT2D eigenvalue weighted by molar-refractivity contribution is -0.0925. The maximum absolute atomic E-state index is 13.1. The normalized spacial score (nSPS) is 12.2. The molecule has 4 aromatic rings. The Labute approximate surface area is 227 Å². The largest absolute Gasteiger partial charge is 0.457 e. The average molecular weight is 552 g/mol. The summed E-state index contributed by atoms with van der Waals surface area (Å²) in [6.45, 7) is -0.0384. The van der Waals surface area contributed by atoms with Crippen molar-refractivity contribution in [2.24, 2.45) is 10.7 Å². The predicted octanol–water partition coefficient (Wildman–Crippen LogP) is 7.41. The highest BCUT2D eigenvalue weighted by Crippen LogP contribution is 2.27. The smallest absolute Gasteiger partial charge is 0.430 e. The van der Waals surface area contributed by atoms with E-state index in [2.05, 4.69) is 9.98 Å². The molecule has 39 heavy (non-hydrogen) atoms. The second-order valence-electron chi connectivity index (χ2n) is 8.12. The molecule has 0 atom stereocenters. The SMILES string of the molecule is N/C(=C\C(=Nc1ccccc1Cl)c1ccc(C(=O)OCc2ccc(Oc3ccccc3)nc2)cc1)C(F)(F)F. The van der Waals surface area contributed by atoms with Gasteiger partial charge in [0.1, 0.15) is 18.1 Å².